The Bertz CT molecular complexity index is 1050. The van der Waals surface area contributed by atoms with E-state index in [0.717, 1.165) is 16.8 Å². The van der Waals surface area contributed by atoms with Crippen LogP contribution in [0.4, 0.5) is 8.78 Å². The third-order valence-electron chi connectivity index (χ3n) is 4.43. The van der Waals surface area contributed by atoms with E-state index in [1.54, 1.807) is 37.7 Å². The third kappa shape index (κ3) is 4.14. The standard InChI is InChI=1S/C22H17F2N3OS/c1-28-20-5-3-2-4-19(20)27-14-25-26-22(27)29-21(15-6-10-17(23)11-7-15)16-8-12-18(24)13-9-16/h2-14,21H,1H3. The lowest BCUT2D eigenvalue weighted by atomic mass is 10.0. The monoisotopic (exact) mass is 409 g/mol. The molecule has 0 fully saturated rings. The fraction of sp³-hybridized carbons (Fsp3) is 0.0909. The van der Waals surface area contributed by atoms with Gasteiger partial charge in [-0.3, -0.25) is 4.57 Å². The highest BCUT2D eigenvalue weighted by molar-refractivity contribution is 7.99. The smallest absolute Gasteiger partial charge is 0.196 e. The molecule has 0 spiro atoms. The molecule has 4 aromatic rings. The number of thioether (sulfide) groups is 1. The lowest BCUT2D eigenvalue weighted by Gasteiger charge is -2.18. The quantitative estimate of drug-likeness (QED) is 0.398. The van der Waals surface area contributed by atoms with Gasteiger partial charge < -0.3 is 4.74 Å². The van der Waals surface area contributed by atoms with Crippen LogP contribution in [-0.2, 0) is 0 Å². The molecule has 0 bridgehead atoms. The molecule has 29 heavy (non-hydrogen) atoms. The topological polar surface area (TPSA) is 39.9 Å². The molecule has 4 rings (SSSR count). The number of methoxy groups -OCH3 is 1. The van der Waals surface area contributed by atoms with Crippen molar-refractivity contribution in [3.8, 4) is 11.4 Å². The second kappa shape index (κ2) is 8.45. The van der Waals surface area contributed by atoms with Crippen LogP contribution in [0, 0.1) is 11.6 Å². The Labute approximate surface area is 171 Å². The minimum atomic E-state index is -0.311. The van der Waals surface area contributed by atoms with Crippen molar-refractivity contribution < 1.29 is 13.5 Å². The van der Waals surface area contributed by atoms with Gasteiger partial charge in [0.05, 0.1) is 18.0 Å². The normalized spacial score (nSPS) is 11.0. The minimum absolute atomic E-state index is 0.228. The van der Waals surface area contributed by atoms with E-state index in [4.69, 9.17) is 4.74 Å². The molecule has 0 aliphatic carbocycles. The summed E-state index contributed by atoms with van der Waals surface area (Å²) in [5.74, 6) is 0.0665. The van der Waals surface area contributed by atoms with Crippen LogP contribution in [0.15, 0.2) is 84.3 Å². The largest absolute Gasteiger partial charge is 0.495 e. The number of ether oxygens (including phenoxy) is 1. The van der Waals surface area contributed by atoms with E-state index in [0.29, 0.717) is 10.9 Å². The zero-order valence-electron chi connectivity index (χ0n) is 15.5. The molecule has 0 saturated heterocycles. The van der Waals surface area contributed by atoms with Gasteiger partial charge in [-0.05, 0) is 47.5 Å². The van der Waals surface area contributed by atoms with Gasteiger partial charge in [0.25, 0.3) is 0 Å². The van der Waals surface area contributed by atoms with Gasteiger partial charge in [0.2, 0.25) is 0 Å². The van der Waals surface area contributed by atoms with Gasteiger partial charge in [0.15, 0.2) is 5.16 Å². The molecule has 0 aliphatic heterocycles. The van der Waals surface area contributed by atoms with Crippen molar-refractivity contribution in [1.29, 1.82) is 0 Å². The number of halogens is 2. The van der Waals surface area contributed by atoms with Gasteiger partial charge in [-0.1, -0.05) is 48.2 Å². The van der Waals surface area contributed by atoms with Gasteiger partial charge in [-0.25, -0.2) is 8.78 Å². The zero-order chi connectivity index (χ0) is 20.2. The number of hydrogen-bond donors (Lipinski definition) is 0. The van der Waals surface area contributed by atoms with Gasteiger partial charge in [0.1, 0.15) is 23.7 Å². The lowest BCUT2D eigenvalue weighted by Crippen LogP contribution is -2.02. The molecule has 1 aromatic heterocycles. The van der Waals surface area contributed by atoms with Crippen LogP contribution in [0.2, 0.25) is 0 Å². The molecule has 7 heteroatoms. The Kier molecular flexibility index (Phi) is 5.57. The van der Waals surface area contributed by atoms with Crippen molar-refractivity contribution in [1.82, 2.24) is 14.8 Å². The number of aromatic nitrogens is 3. The summed E-state index contributed by atoms with van der Waals surface area (Å²) >= 11 is 1.44. The van der Waals surface area contributed by atoms with Crippen LogP contribution < -0.4 is 4.74 Å². The third-order valence-corrected chi connectivity index (χ3v) is 5.70. The summed E-state index contributed by atoms with van der Waals surface area (Å²) < 4.78 is 34.2. The molecule has 3 aromatic carbocycles. The second-order valence-electron chi connectivity index (χ2n) is 6.26. The van der Waals surface area contributed by atoms with Crippen LogP contribution in [-0.4, -0.2) is 21.9 Å². The van der Waals surface area contributed by atoms with Crippen LogP contribution in [0.5, 0.6) is 5.75 Å². The van der Waals surface area contributed by atoms with Crippen LogP contribution >= 0.6 is 11.8 Å². The number of para-hydroxylation sites is 2. The second-order valence-corrected chi connectivity index (χ2v) is 7.33. The summed E-state index contributed by atoms with van der Waals surface area (Å²) in [4.78, 5) is 0. The Balaban J connectivity index is 1.75. The molecular weight excluding hydrogens is 392 g/mol. The first kappa shape index (κ1) is 19.1. The number of nitrogens with zero attached hydrogens (tertiary/aromatic N) is 3. The maximum absolute atomic E-state index is 13.5. The summed E-state index contributed by atoms with van der Waals surface area (Å²) in [6.45, 7) is 0. The van der Waals surface area contributed by atoms with E-state index in [1.165, 1.54) is 36.0 Å². The van der Waals surface area contributed by atoms with Crippen molar-refractivity contribution in [2.75, 3.05) is 7.11 Å². The van der Waals surface area contributed by atoms with E-state index in [1.807, 2.05) is 28.8 Å². The number of benzene rings is 3. The molecule has 4 nitrogen and oxygen atoms in total. The Morgan fingerprint density at radius 1 is 0.862 bits per heavy atom. The van der Waals surface area contributed by atoms with Crippen LogP contribution in [0.25, 0.3) is 5.69 Å². The zero-order valence-corrected chi connectivity index (χ0v) is 16.3. The summed E-state index contributed by atoms with van der Waals surface area (Å²) in [5.41, 5.74) is 2.55. The van der Waals surface area contributed by atoms with Gasteiger partial charge in [-0.2, -0.15) is 0 Å². The fourth-order valence-electron chi connectivity index (χ4n) is 3.01. The maximum Gasteiger partial charge on any atom is 0.196 e. The SMILES string of the molecule is COc1ccccc1-n1cnnc1SC(c1ccc(F)cc1)c1ccc(F)cc1. The minimum Gasteiger partial charge on any atom is -0.495 e. The molecule has 0 radical (unpaired) electrons. The summed E-state index contributed by atoms with van der Waals surface area (Å²) in [6.07, 6.45) is 1.62. The highest BCUT2D eigenvalue weighted by atomic mass is 32.2. The van der Waals surface area contributed by atoms with Crippen LogP contribution in [0.1, 0.15) is 16.4 Å². The number of hydrogen-bond acceptors (Lipinski definition) is 4. The van der Waals surface area contributed by atoms with E-state index < -0.39 is 0 Å². The first-order chi connectivity index (χ1) is 14.2. The molecule has 0 amide bonds. The Morgan fingerprint density at radius 3 is 2.03 bits per heavy atom. The lowest BCUT2D eigenvalue weighted by molar-refractivity contribution is 0.412. The van der Waals surface area contributed by atoms with Gasteiger partial charge >= 0.3 is 0 Å². The van der Waals surface area contributed by atoms with Crippen molar-refractivity contribution in [2.24, 2.45) is 0 Å². The number of rotatable bonds is 6. The molecule has 146 valence electrons. The van der Waals surface area contributed by atoms with E-state index in [-0.39, 0.29) is 16.9 Å². The molecule has 0 N–H and O–H groups in total. The molecule has 0 aliphatic rings. The first-order valence-electron chi connectivity index (χ1n) is 8.86. The molecular formula is C22H17F2N3OS. The first-order valence-corrected chi connectivity index (χ1v) is 9.74. The molecule has 0 saturated carbocycles. The average molecular weight is 409 g/mol. The van der Waals surface area contributed by atoms with Gasteiger partial charge in [0, 0.05) is 0 Å². The van der Waals surface area contributed by atoms with E-state index >= 15 is 0 Å². The van der Waals surface area contributed by atoms with E-state index in [2.05, 4.69) is 10.2 Å². The highest BCUT2D eigenvalue weighted by Crippen LogP contribution is 2.41. The van der Waals surface area contributed by atoms with E-state index in [9.17, 15) is 8.78 Å². The molecule has 0 unspecified atom stereocenters. The van der Waals surface area contributed by atoms with Crippen molar-refractivity contribution in [3.63, 3.8) is 0 Å². The van der Waals surface area contributed by atoms with Crippen LogP contribution in [0.3, 0.4) is 0 Å². The van der Waals surface area contributed by atoms with Crippen molar-refractivity contribution >= 4 is 11.8 Å². The highest BCUT2D eigenvalue weighted by Gasteiger charge is 2.21. The Hall–Kier alpha value is -3.19. The summed E-state index contributed by atoms with van der Waals surface area (Å²) in [6, 6.07) is 20.1. The average Bonchev–Trinajstić information content (AvgIpc) is 3.21. The van der Waals surface area contributed by atoms with Crippen molar-refractivity contribution in [3.05, 3.63) is 102 Å². The fourth-order valence-corrected chi connectivity index (χ4v) is 4.16. The predicted molar refractivity (Wildman–Crippen MR) is 108 cm³/mol. The summed E-state index contributed by atoms with van der Waals surface area (Å²) in [5, 5.41) is 8.73. The molecule has 0 atom stereocenters. The maximum atomic E-state index is 13.5. The molecule has 1 heterocycles. The summed E-state index contributed by atoms with van der Waals surface area (Å²) in [7, 11) is 1.61. The van der Waals surface area contributed by atoms with Gasteiger partial charge in [-0.15, -0.1) is 10.2 Å². The predicted octanol–water partition coefficient (Wildman–Crippen LogP) is 5.44. The van der Waals surface area contributed by atoms with Crippen molar-refractivity contribution in [2.45, 2.75) is 10.4 Å². The Morgan fingerprint density at radius 2 is 1.45 bits per heavy atom.